The minimum absolute atomic E-state index is 0.0856. The van der Waals surface area contributed by atoms with Crippen molar-refractivity contribution < 1.29 is 19.4 Å². The predicted molar refractivity (Wildman–Crippen MR) is 50.3 cm³/mol. The zero-order chi connectivity index (χ0) is 12.1. The number of aliphatic carboxylic acids is 1. The number of hydrogen-bond donors (Lipinski definition) is 1. The monoisotopic (exact) mass is 228 g/mol. The molecule has 1 unspecified atom stereocenters. The van der Waals surface area contributed by atoms with E-state index in [2.05, 4.69) is 20.3 Å². The number of rotatable bonds is 5. The van der Waals surface area contributed by atoms with Crippen molar-refractivity contribution in [2.75, 3.05) is 6.61 Å². The summed E-state index contributed by atoms with van der Waals surface area (Å²) >= 11 is 0. The molecule has 1 atom stereocenters. The van der Waals surface area contributed by atoms with Crippen LogP contribution < -0.4 is 0 Å². The second-order valence-corrected chi connectivity index (χ2v) is 3.07. The molecule has 0 radical (unpaired) electrons. The Kier molecular flexibility index (Phi) is 3.92. The van der Waals surface area contributed by atoms with E-state index >= 15 is 0 Å². The van der Waals surface area contributed by atoms with Crippen LogP contribution in [0.2, 0.25) is 0 Å². The first-order chi connectivity index (χ1) is 7.56. The Bertz CT molecular complexity index is 389. The maximum absolute atomic E-state index is 11.3. The van der Waals surface area contributed by atoms with Crippen LogP contribution in [0.5, 0.6) is 0 Å². The van der Waals surface area contributed by atoms with Crippen LogP contribution in [-0.2, 0) is 27.8 Å². The smallest absolute Gasteiger partial charge is 0.320 e. The van der Waals surface area contributed by atoms with Gasteiger partial charge in [0.15, 0.2) is 11.7 Å². The van der Waals surface area contributed by atoms with E-state index in [9.17, 15) is 9.59 Å². The van der Waals surface area contributed by atoms with Gasteiger partial charge in [0.25, 0.3) is 0 Å². The number of carboxylic acid groups (broad SMARTS) is 1. The molecule has 16 heavy (non-hydrogen) atoms. The highest BCUT2D eigenvalue weighted by Gasteiger charge is 2.29. The van der Waals surface area contributed by atoms with Crippen molar-refractivity contribution in [1.29, 1.82) is 0 Å². The highest BCUT2D eigenvalue weighted by molar-refractivity contribution is 5.94. The van der Waals surface area contributed by atoms with E-state index in [-0.39, 0.29) is 13.0 Å². The first kappa shape index (κ1) is 12.1. The third kappa shape index (κ3) is 2.75. The number of carbonyl (C=O) groups is 2. The fourth-order valence-corrected chi connectivity index (χ4v) is 1.12. The standard InChI is InChI=1S/C8H12N4O4/c1-3-16-8(15)5(7(13)14)4-6-9-10-11-12(6)2/h5H,3-4H2,1-2H3,(H,13,14). The summed E-state index contributed by atoms with van der Waals surface area (Å²) in [5.74, 6) is -2.98. The summed E-state index contributed by atoms with van der Waals surface area (Å²) in [5.41, 5.74) is 0. The summed E-state index contributed by atoms with van der Waals surface area (Å²) in [7, 11) is 1.57. The molecular weight excluding hydrogens is 216 g/mol. The Labute approximate surface area is 91.2 Å². The second kappa shape index (κ2) is 5.19. The Morgan fingerprint density at radius 2 is 2.25 bits per heavy atom. The Morgan fingerprint density at radius 1 is 1.56 bits per heavy atom. The number of nitrogens with zero attached hydrogens (tertiary/aromatic N) is 4. The minimum Gasteiger partial charge on any atom is -0.481 e. The number of esters is 1. The summed E-state index contributed by atoms with van der Waals surface area (Å²) in [6.07, 6.45) is -0.0856. The van der Waals surface area contributed by atoms with Gasteiger partial charge in [0.2, 0.25) is 0 Å². The second-order valence-electron chi connectivity index (χ2n) is 3.07. The van der Waals surface area contributed by atoms with Crippen LogP contribution in [0.4, 0.5) is 0 Å². The molecule has 0 aromatic carbocycles. The van der Waals surface area contributed by atoms with Crippen molar-refractivity contribution in [2.24, 2.45) is 13.0 Å². The third-order valence-electron chi connectivity index (χ3n) is 1.96. The first-order valence-corrected chi connectivity index (χ1v) is 4.67. The molecule has 0 aliphatic rings. The molecule has 0 spiro atoms. The lowest BCUT2D eigenvalue weighted by molar-refractivity contribution is -0.158. The van der Waals surface area contributed by atoms with E-state index in [0.717, 1.165) is 0 Å². The average molecular weight is 228 g/mol. The minimum atomic E-state index is -1.27. The van der Waals surface area contributed by atoms with Crippen LogP contribution in [0.1, 0.15) is 12.7 Å². The number of aryl methyl sites for hydroxylation is 1. The quantitative estimate of drug-likeness (QED) is 0.509. The van der Waals surface area contributed by atoms with Gasteiger partial charge in [-0.15, -0.1) is 5.10 Å². The number of carboxylic acids is 1. The van der Waals surface area contributed by atoms with E-state index in [4.69, 9.17) is 5.11 Å². The van der Waals surface area contributed by atoms with E-state index in [1.807, 2.05) is 0 Å². The van der Waals surface area contributed by atoms with Crippen LogP contribution in [0.25, 0.3) is 0 Å². The molecule has 1 aromatic heterocycles. The molecule has 1 aromatic rings. The number of hydrogen-bond acceptors (Lipinski definition) is 6. The van der Waals surface area contributed by atoms with Gasteiger partial charge in [0, 0.05) is 13.5 Å². The van der Waals surface area contributed by atoms with Gasteiger partial charge in [-0.25, -0.2) is 4.68 Å². The average Bonchev–Trinajstić information content (AvgIpc) is 2.60. The van der Waals surface area contributed by atoms with Gasteiger partial charge in [-0.05, 0) is 17.4 Å². The topological polar surface area (TPSA) is 107 Å². The van der Waals surface area contributed by atoms with Crippen LogP contribution in [0.3, 0.4) is 0 Å². The summed E-state index contributed by atoms with van der Waals surface area (Å²) in [6.45, 7) is 1.75. The molecule has 0 saturated heterocycles. The van der Waals surface area contributed by atoms with Crippen LogP contribution in [0, 0.1) is 5.92 Å². The van der Waals surface area contributed by atoms with Gasteiger partial charge in [0.05, 0.1) is 6.61 Å². The summed E-state index contributed by atoms with van der Waals surface area (Å²) in [4.78, 5) is 22.2. The van der Waals surface area contributed by atoms with E-state index in [0.29, 0.717) is 5.82 Å². The number of ether oxygens (including phenoxy) is 1. The van der Waals surface area contributed by atoms with Gasteiger partial charge >= 0.3 is 11.9 Å². The lowest BCUT2D eigenvalue weighted by atomic mass is 10.1. The maximum atomic E-state index is 11.3. The zero-order valence-electron chi connectivity index (χ0n) is 8.95. The molecule has 0 aliphatic heterocycles. The highest BCUT2D eigenvalue weighted by Crippen LogP contribution is 2.07. The van der Waals surface area contributed by atoms with E-state index in [1.54, 1.807) is 14.0 Å². The fraction of sp³-hybridized carbons (Fsp3) is 0.625. The number of tetrazole rings is 1. The largest absolute Gasteiger partial charge is 0.481 e. The molecule has 8 nitrogen and oxygen atoms in total. The van der Waals surface area contributed by atoms with Crippen molar-refractivity contribution in [3.05, 3.63) is 5.82 Å². The lowest BCUT2D eigenvalue weighted by Crippen LogP contribution is -2.29. The van der Waals surface area contributed by atoms with Crippen molar-refractivity contribution in [1.82, 2.24) is 20.2 Å². The summed E-state index contributed by atoms with van der Waals surface area (Å²) < 4.78 is 5.97. The molecule has 1 N–H and O–H groups in total. The molecule has 1 heterocycles. The van der Waals surface area contributed by atoms with Crippen LogP contribution in [0.15, 0.2) is 0 Å². The zero-order valence-corrected chi connectivity index (χ0v) is 8.95. The van der Waals surface area contributed by atoms with Crippen molar-refractivity contribution >= 4 is 11.9 Å². The highest BCUT2D eigenvalue weighted by atomic mass is 16.5. The molecule has 0 saturated carbocycles. The normalized spacial score (nSPS) is 12.1. The third-order valence-corrected chi connectivity index (χ3v) is 1.96. The van der Waals surface area contributed by atoms with Gasteiger partial charge in [0.1, 0.15) is 0 Å². The predicted octanol–water partition coefficient (Wildman–Crippen LogP) is -0.983. The molecule has 0 bridgehead atoms. The molecular formula is C8H12N4O4. The Balaban J connectivity index is 2.76. The Hall–Kier alpha value is -1.99. The number of carbonyl (C=O) groups excluding carboxylic acids is 1. The van der Waals surface area contributed by atoms with Crippen molar-refractivity contribution in [2.45, 2.75) is 13.3 Å². The molecule has 88 valence electrons. The van der Waals surface area contributed by atoms with Crippen molar-refractivity contribution in [3.63, 3.8) is 0 Å². The van der Waals surface area contributed by atoms with Gasteiger partial charge in [-0.2, -0.15) is 0 Å². The van der Waals surface area contributed by atoms with Gasteiger partial charge in [-0.1, -0.05) is 0 Å². The van der Waals surface area contributed by atoms with Crippen LogP contribution in [-0.4, -0.2) is 43.9 Å². The fourth-order valence-electron chi connectivity index (χ4n) is 1.12. The SMILES string of the molecule is CCOC(=O)C(Cc1nnnn1C)C(=O)O. The lowest BCUT2D eigenvalue weighted by Gasteiger charge is -2.09. The van der Waals surface area contributed by atoms with Crippen LogP contribution >= 0.6 is 0 Å². The molecule has 0 aliphatic carbocycles. The molecule has 0 amide bonds. The van der Waals surface area contributed by atoms with Gasteiger partial charge < -0.3 is 9.84 Å². The van der Waals surface area contributed by atoms with E-state index < -0.39 is 17.9 Å². The maximum Gasteiger partial charge on any atom is 0.320 e. The first-order valence-electron chi connectivity index (χ1n) is 4.67. The summed E-state index contributed by atoms with van der Waals surface area (Å²) in [5, 5.41) is 19.4. The summed E-state index contributed by atoms with van der Waals surface area (Å²) in [6, 6.07) is 0. The van der Waals surface area contributed by atoms with E-state index in [1.165, 1.54) is 4.68 Å². The van der Waals surface area contributed by atoms with Gasteiger partial charge in [-0.3, -0.25) is 9.59 Å². The molecule has 8 heteroatoms. The molecule has 0 fully saturated rings. The number of aromatic nitrogens is 4. The van der Waals surface area contributed by atoms with Crippen molar-refractivity contribution in [3.8, 4) is 0 Å². The molecule has 1 rings (SSSR count). The Morgan fingerprint density at radius 3 is 2.69 bits per heavy atom.